The molecule has 1 aliphatic rings. The minimum Gasteiger partial charge on any atom is -0.457 e. The first-order chi connectivity index (χ1) is 13.6. The number of benzene rings is 2. The van der Waals surface area contributed by atoms with Crippen LogP contribution in [-0.4, -0.2) is 15.1 Å². The van der Waals surface area contributed by atoms with Crippen molar-refractivity contribution >= 4 is 40.3 Å². The zero-order valence-corrected chi connectivity index (χ0v) is 16.3. The molecule has 28 heavy (non-hydrogen) atoms. The molecule has 1 aliphatic heterocycles. The van der Waals surface area contributed by atoms with E-state index in [2.05, 4.69) is 6.07 Å². The molecule has 1 aromatic heterocycles. The first-order valence-corrected chi connectivity index (χ1v) is 9.76. The molecular weight excluding hydrogens is 388 g/mol. The van der Waals surface area contributed by atoms with Crippen molar-refractivity contribution in [2.24, 2.45) is 0 Å². The Morgan fingerprint density at radius 1 is 1.07 bits per heavy atom. The first kappa shape index (κ1) is 18.2. The Morgan fingerprint density at radius 2 is 1.82 bits per heavy atom. The van der Waals surface area contributed by atoms with E-state index in [1.165, 1.54) is 11.8 Å². The SMILES string of the molecule is N#Cc1ccc(-c2ccc(/C=C3\SC(=S)N(Cc4ccccc4)C3=O)o2)cc1. The van der Waals surface area contributed by atoms with Crippen LogP contribution in [0.15, 0.2) is 76.1 Å². The molecule has 1 saturated heterocycles. The number of nitrogens with zero attached hydrogens (tertiary/aromatic N) is 2. The summed E-state index contributed by atoms with van der Waals surface area (Å²) in [4.78, 5) is 14.9. The summed E-state index contributed by atoms with van der Waals surface area (Å²) in [5.74, 6) is 1.14. The van der Waals surface area contributed by atoms with Crippen LogP contribution in [0.5, 0.6) is 0 Å². The van der Waals surface area contributed by atoms with Crippen LogP contribution >= 0.6 is 24.0 Å². The topological polar surface area (TPSA) is 57.2 Å². The van der Waals surface area contributed by atoms with Crippen molar-refractivity contribution in [2.75, 3.05) is 0 Å². The average Bonchev–Trinajstić information content (AvgIpc) is 3.29. The van der Waals surface area contributed by atoms with Gasteiger partial charge in [0, 0.05) is 11.6 Å². The van der Waals surface area contributed by atoms with Crippen LogP contribution in [0.3, 0.4) is 0 Å². The third kappa shape index (κ3) is 3.77. The number of hydrogen-bond acceptors (Lipinski definition) is 5. The number of hydrogen-bond donors (Lipinski definition) is 0. The molecule has 4 nitrogen and oxygen atoms in total. The zero-order chi connectivity index (χ0) is 19.5. The van der Waals surface area contributed by atoms with Crippen LogP contribution in [0.25, 0.3) is 17.4 Å². The molecule has 0 unspecified atom stereocenters. The lowest BCUT2D eigenvalue weighted by molar-refractivity contribution is -0.122. The van der Waals surface area contributed by atoms with E-state index in [4.69, 9.17) is 21.9 Å². The van der Waals surface area contributed by atoms with E-state index >= 15 is 0 Å². The second-order valence-electron chi connectivity index (χ2n) is 6.14. The highest BCUT2D eigenvalue weighted by atomic mass is 32.2. The van der Waals surface area contributed by atoms with Gasteiger partial charge < -0.3 is 4.42 Å². The first-order valence-electron chi connectivity index (χ1n) is 8.54. The number of rotatable bonds is 4. The molecule has 0 N–H and O–H groups in total. The van der Waals surface area contributed by atoms with E-state index in [1.54, 1.807) is 23.1 Å². The van der Waals surface area contributed by atoms with Crippen LogP contribution in [0.1, 0.15) is 16.9 Å². The molecule has 2 heterocycles. The fraction of sp³-hybridized carbons (Fsp3) is 0.0455. The summed E-state index contributed by atoms with van der Waals surface area (Å²) in [5.41, 5.74) is 2.49. The fourth-order valence-corrected chi connectivity index (χ4v) is 4.06. The predicted octanol–water partition coefficient (Wildman–Crippen LogP) is 5.22. The van der Waals surface area contributed by atoms with Gasteiger partial charge in [0.15, 0.2) is 0 Å². The Labute approximate surface area is 172 Å². The summed E-state index contributed by atoms with van der Waals surface area (Å²) in [6.07, 6.45) is 1.72. The number of amides is 1. The van der Waals surface area contributed by atoms with E-state index in [0.717, 1.165) is 11.1 Å². The van der Waals surface area contributed by atoms with Crippen LogP contribution in [-0.2, 0) is 11.3 Å². The molecule has 2 aromatic carbocycles. The van der Waals surface area contributed by atoms with E-state index in [-0.39, 0.29) is 5.91 Å². The second kappa shape index (κ2) is 7.85. The number of carbonyl (C=O) groups excluding carboxylic acids is 1. The second-order valence-corrected chi connectivity index (χ2v) is 7.82. The Bertz CT molecular complexity index is 1110. The van der Waals surface area contributed by atoms with Gasteiger partial charge in [0.1, 0.15) is 15.8 Å². The van der Waals surface area contributed by atoms with Crippen LogP contribution in [0.2, 0.25) is 0 Å². The van der Waals surface area contributed by atoms with Gasteiger partial charge in [-0.15, -0.1) is 0 Å². The Kier molecular flexibility index (Phi) is 5.11. The van der Waals surface area contributed by atoms with Crippen molar-refractivity contribution in [1.82, 2.24) is 4.90 Å². The van der Waals surface area contributed by atoms with Crippen molar-refractivity contribution in [3.63, 3.8) is 0 Å². The lowest BCUT2D eigenvalue weighted by Crippen LogP contribution is -2.27. The van der Waals surface area contributed by atoms with Crippen molar-refractivity contribution in [3.8, 4) is 17.4 Å². The van der Waals surface area contributed by atoms with Gasteiger partial charge in [-0.05, 0) is 42.0 Å². The van der Waals surface area contributed by atoms with Crippen LogP contribution in [0.4, 0.5) is 0 Å². The highest BCUT2D eigenvalue weighted by molar-refractivity contribution is 8.26. The highest BCUT2D eigenvalue weighted by Gasteiger charge is 2.32. The van der Waals surface area contributed by atoms with Gasteiger partial charge in [-0.1, -0.05) is 54.3 Å². The Balaban J connectivity index is 1.53. The van der Waals surface area contributed by atoms with E-state index in [9.17, 15) is 4.79 Å². The van der Waals surface area contributed by atoms with E-state index in [1.807, 2.05) is 54.6 Å². The van der Waals surface area contributed by atoms with Crippen molar-refractivity contribution in [1.29, 1.82) is 5.26 Å². The lowest BCUT2D eigenvalue weighted by atomic mass is 10.1. The maximum absolute atomic E-state index is 12.7. The molecule has 6 heteroatoms. The summed E-state index contributed by atoms with van der Waals surface area (Å²) in [6, 6.07) is 22.7. The largest absolute Gasteiger partial charge is 0.457 e. The summed E-state index contributed by atoms with van der Waals surface area (Å²) in [5, 5.41) is 8.89. The van der Waals surface area contributed by atoms with Gasteiger partial charge >= 0.3 is 0 Å². The molecule has 4 rings (SSSR count). The number of thiocarbonyl (C=S) groups is 1. The number of carbonyl (C=O) groups is 1. The minimum atomic E-state index is -0.116. The third-order valence-corrected chi connectivity index (χ3v) is 5.63. The van der Waals surface area contributed by atoms with E-state index in [0.29, 0.717) is 32.9 Å². The molecule has 0 bridgehead atoms. The third-order valence-electron chi connectivity index (χ3n) is 4.26. The van der Waals surface area contributed by atoms with Gasteiger partial charge in [0.05, 0.1) is 23.1 Å². The summed E-state index contributed by atoms with van der Waals surface area (Å²) in [6.45, 7) is 0.456. The Morgan fingerprint density at radius 3 is 2.54 bits per heavy atom. The molecule has 3 aromatic rings. The molecule has 1 amide bonds. The molecule has 136 valence electrons. The molecule has 0 radical (unpaired) electrons. The summed E-state index contributed by atoms with van der Waals surface area (Å²) < 4.78 is 6.40. The molecule has 0 aliphatic carbocycles. The zero-order valence-electron chi connectivity index (χ0n) is 14.7. The predicted molar refractivity (Wildman–Crippen MR) is 114 cm³/mol. The van der Waals surface area contributed by atoms with Gasteiger partial charge in [-0.3, -0.25) is 9.69 Å². The average molecular weight is 403 g/mol. The normalized spacial score (nSPS) is 15.2. The molecule has 0 spiro atoms. The minimum absolute atomic E-state index is 0.116. The monoisotopic (exact) mass is 402 g/mol. The van der Waals surface area contributed by atoms with Gasteiger partial charge in [0.25, 0.3) is 5.91 Å². The van der Waals surface area contributed by atoms with Crippen molar-refractivity contribution < 1.29 is 9.21 Å². The number of nitriles is 1. The highest BCUT2D eigenvalue weighted by Crippen LogP contribution is 2.34. The van der Waals surface area contributed by atoms with Gasteiger partial charge in [-0.2, -0.15) is 5.26 Å². The number of furan rings is 1. The smallest absolute Gasteiger partial charge is 0.266 e. The maximum atomic E-state index is 12.7. The van der Waals surface area contributed by atoms with Crippen molar-refractivity contribution in [2.45, 2.75) is 6.54 Å². The fourth-order valence-electron chi connectivity index (χ4n) is 2.83. The van der Waals surface area contributed by atoms with Gasteiger partial charge in [0.2, 0.25) is 0 Å². The molecular formula is C22H14N2O2S2. The van der Waals surface area contributed by atoms with Gasteiger partial charge in [-0.25, -0.2) is 0 Å². The Hall–Kier alpha value is -3.14. The maximum Gasteiger partial charge on any atom is 0.266 e. The number of thioether (sulfide) groups is 1. The quantitative estimate of drug-likeness (QED) is 0.442. The van der Waals surface area contributed by atoms with E-state index < -0.39 is 0 Å². The van der Waals surface area contributed by atoms with Crippen molar-refractivity contribution in [3.05, 3.63) is 88.5 Å². The van der Waals surface area contributed by atoms with Crippen LogP contribution in [0, 0.1) is 11.3 Å². The molecule has 1 fully saturated rings. The lowest BCUT2D eigenvalue weighted by Gasteiger charge is -2.14. The summed E-state index contributed by atoms with van der Waals surface area (Å²) in [7, 11) is 0. The standard InChI is InChI=1S/C22H14N2O2S2/c23-13-15-6-8-17(9-7-15)19-11-10-18(26-19)12-20-21(25)24(22(27)28-20)14-16-4-2-1-3-5-16/h1-12H,14H2/b20-12-. The molecule has 0 saturated carbocycles. The van der Waals surface area contributed by atoms with Crippen LogP contribution < -0.4 is 0 Å². The summed E-state index contributed by atoms with van der Waals surface area (Å²) >= 11 is 6.66. The molecule has 0 atom stereocenters.